The Kier molecular flexibility index (Phi) is 5.06. The predicted octanol–water partition coefficient (Wildman–Crippen LogP) is 3.39. The summed E-state index contributed by atoms with van der Waals surface area (Å²) in [6.07, 6.45) is 0.903. The van der Waals surface area contributed by atoms with Crippen molar-refractivity contribution >= 4 is 22.4 Å². The summed E-state index contributed by atoms with van der Waals surface area (Å²) in [4.78, 5) is 15.8. The molecule has 0 aliphatic heterocycles. The fraction of sp³-hybridized carbons (Fsp3) is 0.286. The first-order valence-electron chi connectivity index (χ1n) is 6.24. The summed E-state index contributed by atoms with van der Waals surface area (Å²) < 4.78 is 18.3. The lowest BCUT2D eigenvalue weighted by Crippen LogP contribution is -2.12. The number of aryl methyl sites for hydroxylation is 1. The standard InChI is InChI=1S/C14H15FN2O2S/c1-10-9-20-14(16-10)17-13(18)6-3-7-19-12-5-2-4-11(15)8-12/h2,4-5,8-9H,3,6-7H2,1H3,(H,16,17,18). The molecule has 6 heteroatoms. The Morgan fingerprint density at radius 1 is 1.50 bits per heavy atom. The van der Waals surface area contributed by atoms with Gasteiger partial charge in [-0.2, -0.15) is 0 Å². The Bertz CT molecular complexity index is 586. The minimum absolute atomic E-state index is 0.0952. The van der Waals surface area contributed by atoms with Crippen molar-refractivity contribution in [2.75, 3.05) is 11.9 Å². The molecule has 0 radical (unpaired) electrons. The summed E-state index contributed by atoms with van der Waals surface area (Å²) in [7, 11) is 0. The molecule has 106 valence electrons. The van der Waals surface area contributed by atoms with E-state index in [2.05, 4.69) is 10.3 Å². The number of hydrogen-bond donors (Lipinski definition) is 1. The average Bonchev–Trinajstić information content (AvgIpc) is 2.80. The lowest BCUT2D eigenvalue weighted by Gasteiger charge is -2.06. The van der Waals surface area contributed by atoms with E-state index < -0.39 is 0 Å². The van der Waals surface area contributed by atoms with Crippen molar-refractivity contribution in [1.29, 1.82) is 0 Å². The van der Waals surface area contributed by atoms with E-state index >= 15 is 0 Å². The highest BCUT2D eigenvalue weighted by Gasteiger charge is 2.05. The average molecular weight is 294 g/mol. The number of nitrogens with zero attached hydrogens (tertiary/aromatic N) is 1. The lowest BCUT2D eigenvalue weighted by atomic mass is 10.3. The van der Waals surface area contributed by atoms with E-state index in [1.807, 2.05) is 12.3 Å². The van der Waals surface area contributed by atoms with Gasteiger partial charge in [0.05, 0.1) is 12.3 Å². The van der Waals surface area contributed by atoms with Crippen LogP contribution in [0.2, 0.25) is 0 Å². The summed E-state index contributed by atoms with van der Waals surface area (Å²) in [6.45, 7) is 2.24. The van der Waals surface area contributed by atoms with Gasteiger partial charge in [-0.15, -0.1) is 11.3 Å². The van der Waals surface area contributed by atoms with Gasteiger partial charge in [0.25, 0.3) is 0 Å². The first-order valence-corrected chi connectivity index (χ1v) is 7.12. The molecular formula is C14H15FN2O2S. The minimum atomic E-state index is -0.334. The van der Waals surface area contributed by atoms with Gasteiger partial charge in [-0.25, -0.2) is 9.37 Å². The van der Waals surface area contributed by atoms with Crippen molar-refractivity contribution in [3.63, 3.8) is 0 Å². The number of hydrogen-bond acceptors (Lipinski definition) is 4. The van der Waals surface area contributed by atoms with Gasteiger partial charge in [-0.05, 0) is 25.5 Å². The van der Waals surface area contributed by atoms with Crippen molar-refractivity contribution in [3.05, 3.63) is 41.2 Å². The lowest BCUT2D eigenvalue weighted by molar-refractivity contribution is -0.116. The molecule has 4 nitrogen and oxygen atoms in total. The topological polar surface area (TPSA) is 51.2 Å². The Morgan fingerprint density at radius 2 is 2.35 bits per heavy atom. The number of ether oxygens (including phenoxy) is 1. The number of thiazole rings is 1. The molecule has 1 aromatic heterocycles. The van der Waals surface area contributed by atoms with Gasteiger partial charge in [0, 0.05) is 17.9 Å². The van der Waals surface area contributed by atoms with Crippen LogP contribution in [0.4, 0.5) is 9.52 Å². The van der Waals surface area contributed by atoms with Gasteiger partial charge < -0.3 is 10.1 Å². The highest BCUT2D eigenvalue weighted by atomic mass is 32.1. The molecule has 1 N–H and O–H groups in total. The Hall–Kier alpha value is -1.95. The Morgan fingerprint density at radius 3 is 3.05 bits per heavy atom. The monoisotopic (exact) mass is 294 g/mol. The molecule has 1 aromatic carbocycles. The molecular weight excluding hydrogens is 279 g/mol. The van der Waals surface area contributed by atoms with Gasteiger partial charge >= 0.3 is 0 Å². The van der Waals surface area contributed by atoms with Crippen LogP contribution in [0.5, 0.6) is 5.75 Å². The number of nitrogens with one attached hydrogen (secondary N) is 1. The molecule has 0 unspecified atom stereocenters. The summed E-state index contributed by atoms with van der Waals surface area (Å²) in [5.41, 5.74) is 0.889. The number of aromatic nitrogens is 1. The van der Waals surface area contributed by atoms with Gasteiger partial charge in [-0.3, -0.25) is 4.79 Å². The van der Waals surface area contributed by atoms with E-state index in [-0.39, 0.29) is 11.7 Å². The summed E-state index contributed by atoms with van der Waals surface area (Å²) in [5.74, 6) is 0.0440. The van der Waals surface area contributed by atoms with Crippen LogP contribution in [-0.2, 0) is 4.79 Å². The number of rotatable bonds is 6. The van der Waals surface area contributed by atoms with Gasteiger partial charge in [0.2, 0.25) is 5.91 Å². The van der Waals surface area contributed by atoms with Crippen molar-refractivity contribution in [1.82, 2.24) is 4.98 Å². The second kappa shape index (κ2) is 7.00. The molecule has 0 aliphatic carbocycles. The molecule has 2 rings (SSSR count). The highest BCUT2D eigenvalue weighted by molar-refractivity contribution is 7.13. The zero-order valence-corrected chi connectivity index (χ0v) is 11.9. The molecule has 0 fully saturated rings. The Balaban J connectivity index is 1.67. The molecule has 0 saturated carbocycles. The van der Waals surface area contributed by atoms with Crippen molar-refractivity contribution in [2.45, 2.75) is 19.8 Å². The molecule has 20 heavy (non-hydrogen) atoms. The first-order chi connectivity index (χ1) is 9.63. The maximum absolute atomic E-state index is 12.9. The van der Waals surface area contributed by atoms with Crippen molar-refractivity contribution < 1.29 is 13.9 Å². The number of benzene rings is 1. The van der Waals surface area contributed by atoms with Crippen LogP contribution >= 0.6 is 11.3 Å². The van der Waals surface area contributed by atoms with Crippen LogP contribution in [0.25, 0.3) is 0 Å². The molecule has 1 amide bonds. The van der Waals surface area contributed by atoms with E-state index in [4.69, 9.17) is 4.74 Å². The zero-order chi connectivity index (χ0) is 14.4. The molecule has 1 heterocycles. The molecule has 0 spiro atoms. The zero-order valence-electron chi connectivity index (χ0n) is 11.1. The summed E-state index contributed by atoms with van der Waals surface area (Å²) in [6, 6.07) is 5.94. The number of anilines is 1. The SMILES string of the molecule is Cc1csc(NC(=O)CCCOc2cccc(F)c2)n1. The highest BCUT2D eigenvalue weighted by Crippen LogP contribution is 2.15. The fourth-order valence-corrected chi connectivity index (χ4v) is 2.28. The smallest absolute Gasteiger partial charge is 0.226 e. The normalized spacial score (nSPS) is 10.3. The first kappa shape index (κ1) is 14.5. The largest absolute Gasteiger partial charge is 0.493 e. The number of amides is 1. The van der Waals surface area contributed by atoms with E-state index in [1.54, 1.807) is 12.1 Å². The molecule has 0 atom stereocenters. The summed E-state index contributed by atoms with van der Waals surface area (Å²) in [5, 5.41) is 5.21. The van der Waals surface area contributed by atoms with Gasteiger partial charge in [-0.1, -0.05) is 6.07 Å². The van der Waals surface area contributed by atoms with Gasteiger partial charge in [0.15, 0.2) is 5.13 Å². The molecule has 2 aromatic rings. The molecule has 0 bridgehead atoms. The van der Waals surface area contributed by atoms with Crippen LogP contribution in [0.1, 0.15) is 18.5 Å². The second-order valence-electron chi connectivity index (χ2n) is 4.25. The van der Waals surface area contributed by atoms with Crippen molar-refractivity contribution in [3.8, 4) is 5.75 Å². The van der Waals surface area contributed by atoms with E-state index in [0.717, 1.165) is 5.69 Å². The Labute approximate surface area is 120 Å². The number of carbonyl (C=O) groups is 1. The van der Waals surface area contributed by atoms with Crippen LogP contribution < -0.4 is 10.1 Å². The van der Waals surface area contributed by atoms with E-state index in [1.165, 1.54) is 23.5 Å². The van der Waals surface area contributed by atoms with Crippen LogP contribution in [0.15, 0.2) is 29.6 Å². The van der Waals surface area contributed by atoms with E-state index in [0.29, 0.717) is 30.3 Å². The number of halogens is 1. The quantitative estimate of drug-likeness (QED) is 0.831. The third-order valence-electron chi connectivity index (χ3n) is 2.48. The van der Waals surface area contributed by atoms with Crippen molar-refractivity contribution in [2.24, 2.45) is 0 Å². The third-order valence-corrected chi connectivity index (χ3v) is 3.35. The maximum Gasteiger partial charge on any atom is 0.226 e. The summed E-state index contributed by atoms with van der Waals surface area (Å²) >= 11 is 1.40. The second-order valence-corrected chi connectivity index (χ2v) is 5.11. The van der Waals surface area contributed by atoms with E-state index in [9.17, 15) is 9.18 Å². The van der Waals surface area contributed by atoms with Crippen LogP contribution in [0, 0.1) is 12.7 Å². The van der Waals surface area contributed by atoms with Crippen LogP contribution in [-0.4, -0.2) is 17.5 Å². The predicted molar refractivity (Wildman–Crippen MR) is 76.6 cm³/mol. The number of carbonyl (C=O) groups excluding carboxylic acids is 1. The van der Waals surface area contributed by atoms with Gasteiger partial charge in [0.1, 0.15) is 11.6 Å². The third kappa shape index (κ3) is 4.62. The van der Waals surface area contributed by atoms with Crippen LogP contribution in [0.3, 0.4) is 0 Å². The molecule has 0 aliphatic rings. The molecule has 0 saturated heterocycles. The maximum atomic E-state index is 12.9. The minimum Gasteiger partial charge on any atom is -0.493 e. The fourth-order valence-electron chi connectivity index (χ4n) is 1.57.